The van der Waals surface area contributed by atoms with Crippen LogP contribution in [0.5, 0.6) is 0 Å². The average Bonchev–Trinajstić information content (AvgIpc) is 0.925. The molecule has 0 aliphatic heterocycles. The fourth-order valence-corrected chi connectivity index (χ4v) is 14.4. The number of phosphoric acid groups is 2. The summed E-state index contributed by atoms with van der Waals surface area (Å²) in [5, 5.41) is 10.7. The van der Waals surface area contributed by atoms with Crippen LogP contribution in [-0.2, 0) is 65.4 Å². The Morgan fingerprint density at radius 2 is 0.500 bits per heavy atom. The van der Waals surface area contributed by atoms with Crippen LogP contribution in [0.25, 0.3) is 0 Å². The molecule has 3 N–H and O–H groups in total. The van der Waals surface area contributed by atoms with Crippen LogP contribution in [0, 0.1) is 17.8 Å². The second-order valence-corrected chi connectivity index (χ2v) is 33.7. The van der Waals surface area contributed by atoms with E-state index in [0.717, 1.165) is 108 Å². The highest BCUT2D eigenvalue weighted by molar-refractivity contribution is 7.47. The van der Waals surface area contributed by atoms with Crippen LogP contribution in [-0.4, -0.2) is 96.7 Å². The van der Waals surface area contributed by atoms with Gasteiger partial charge in [0.2, 0.25) is 0 Å². The van der Waals surface area contributed by atoms with E-state index in [1.807, 2.05) is 0 Å². The molecule has 0 amide bonds. The van der Waals surface area contributed by atoms with Crippen LogP contribution in [0.15, 0.2) is 0 Å². The molecule has 0 heterocycles. The molecule has 7 atom stereocenters. The molecule has 606 valence electrons. The second kappa shape index (κ2) is 73.2. The number of phosphoric ester groups is 2. The van der Waals surface area contributed by atoms with Crippen molar-refractivity contribution < 1.29 is 80.2 Å². The van der Waals surface area contributed by atoms with Crippen LogP contribution < -0.4 is 0 Å². The standard InChI is InChI=1S/C83H162O17P2/c1-8-11-12-13-14-15-16-30-35-43-50-57-64-80(85)94-71-79(100-83(88)67-60-53-46-39-38-42-49-56-63-76(7)10-3)73-98-102(91,92)96-69-77(84)68-95-101(89,90)97-72-78(70-93-81(86)65-58-51-44-36-31-27-23-24-28-33-40-47-54-61-74(4)5)99-82(87)66-59-52-45-37-32-26-22-20-18-17-19-21-25-29-34-41-48-55-62-75(6)9-2/h74-79,84H,8-73H2,1-7H3,(H,89,90)(H,91,92)/t75?,76?,77-,78-,79-/m1/s1. The highest BCUT2D eigenvalue weighted by Crippen LogP contribution is 2.45. The zero-order valence-electron chi connectivity index (χ0n) is 67.1. The van der Waals surface area contributed by atoms with E-state index in [1.54, 1.807) is 0 Å². The Hall–Kier alpha value is -1.94. The van der Waals surface area contributed by atoms with E-state index in [4.69, 9.17) is 37.0 Å². The number of ether oxygens (including phenoxy) is 4. The molecule has 102 heavy (non-hydrogen) atoms. The number of esters is 4. The van der Waals surface area contributed by atoms with Crippen LogP contribution in [0.2, 0.25) is 0 Å². The van der Waals surface area contributed by atoms with Crippen LogP contribution in [0.3, 0.4) is 0 Å². The zero-order valence-corrected chi connectivity index (χ0v) is 68.9. The van der Waals surface area contributed by atoms with Crippen LogP contribution in [0.1, 0.15) is 434 Å². The van der Waals surface area contributed by atoms with Crippen molar-refractivity contribution in [1.29, 1.82) is 0 Å². The van der Waals surface area contributed by atoms with E-state index in [2.05, 4.69) is 48.5 Å². The van der Waals surface area contributed by atoms with E-state index in [1.165, 1.54) is 244 Å². The van der Waals surface area contributed by atoms with Gasteiger partial charge in [-0.05, 0) is 43.4 Å². The van der Waals surface area contributed by atoms with Gasteiger partial charge in [0, 0.05) is 25.7 Å². The molecule has 0 bridgehead atoms. The smallest absolute Gasteiger partial charge is 0.462 e. The highest BCUT2D eigenvalue weighted by Gasteiger charge is 2.30. The van der Waals surface area contributed by atoms with Crippen molar-refractivity contribution in [3.05, 3.63) is 0 Å². The third kappa shape index (κ3) is 73.6. The van der Waals surface area contributed by atoms with E-state index >= 15 is 0 Å². The minimum absolute atomic E-state index is 0.105. The summed E-state index contributed by atoms with van der Waals surface area (Å²) in [6.45, 7) is 12.0. The first kappa shape index (κ1) is 100. The number of rotatable bonds is 81. The molecule has 0 aliphatic rings. The van der Waals surface area contributed by atoms with Crippen molar-refractivity contribution in [3.8, 4) is 0 Å². The molecule has 0 aromatic heterocycles. The molecule has 0 aromatic carbocycles. The minimum atomic E-state index is -4.96. The molecule has 0 spiro atoms. The third-order valence-electron chi connectivity index (χ3n) is 20.1. The Morgan fingerprint density at radius 1 is 0.284 bits per heavy atom. The quantitative estimate of drug-likeness (QED) is 0.0222. The van der Waals surface area contributed by atoms with Gasteiger partial charge in [0.1, 0.15) is 19.3 Å². The van der Waals surface area contributed by atoms with E-state index in [0.29, 0.717) is 25.7 Å². The summed E-state index contributed by atoms with van der Waals surface area (Å²) in [6, 6.07) is 0. The first-order valence-corrected chi connectivity index (χ1v) is 45.9. The largest absolute Gasteiger partial charge is 0.472 e. The van der Waals surface area contributed by atoms with Gasteiger partial charge >= 0.3 is 39.5 Å². The van der Waals surface area contributed by atoms with Gasteiger partial charge in [0.15, 0.2) is 12.2 Å². The van der Waals surface area contributed by atoms with Gasteiger partial charge in [0.25, 0.3) is 0 Å². The van der Waals surface area contributed by atoms with Gasteiger partial charge < -0.3 is 33.8 Å². The normalized spacial score (nSPS) is 14.5. The zero-order chi connectivity index (χ0) is 75.1. The lowest BCUT2D eigenvalue weighted by molar-refractivity contribution is -0.161. The summed E-state index contributed by atoms with van der Waals surface area (Å²) >= 11 is 0. The summed E-state index contributed by atoms with van der Waals surface area (Å²) in [7, 11) is -9.92. The lowest BCUT2D eigenvalue weighted by Gasteiger charge is -2.21. The Bertz CT molecular complexity index is 1980. The number of carbonyl (C=O) groups excluding carboxylic acids is 4. The van der Waals surface area contributed by atoms with Gasteiger partial charge in [0.05, 0.1) is 26.4 Å². The van der Waals surface area contributed by atoms with Crippen molar-refractivity contribution in [3.63, 3.8) is 0 Å². The fourth-order valence-electron chi connectivity index (χ4n) is 12.8. The van der Waals surface area contributed by atoms with Crippen LogP contribution in [0.4, 0.5) is 0 Å². The van der Waals surface area contributed by atoms with Gasteiger partial charge in [-0.3, -0.25) is 37.3 Å². The molecule has 0 saturated heterocycles. The average molecular weight is 1490 g/mol. The van der Waals surface area contributed by atoms with Crippen LogP contribution >= 0.6 is 15.6 Å². The predicted octanol–water partition coefficient (Wildman–Crippen LogP) is 24.9. The van der Waals surface area contributed by atoms with Gasteiger partial charge in [-0.1, -0.05) is 382 Å². The number of carbonyl (C=O) groups is 4. The Balaban J connectivity index is 5.23. The van der Waals surface area contributed by atoms with Crippen molar-refractivity contribution in [2.45, 2.75) is 452 Å². The summed E-state index contributed by atoms with van der Waals surface area (Å²) in [5.41, 5.74) is 0. The van der Waals surface area contributed by atoms with Crippen molar-refractivity contribution in [2.24, 2.45) is 17.8 Å². The highest BCUT2D eigenvalue weighted by atomic mass is 31.2. The Kier molecular flexibility index (Phi) is 71.8. The maximum Gasteiger partial charge on any atom is 0.472 e. The van der Waals surface area contributed by atoms with Gasteiger partial charge in [-0.25, -0.2) is 9.13 Å². The summed E-state index contributed by atoms with van der Waals surface area (Å²) in [5.74, 6) is 0.323. The van der Waals surface area contributed by atoms with Crippen molar-refractivity contribution in [1.82, 2.24) is 0 Å². The maximum absolute atomic E-state index is 13.1. The maximum atomic E-state index is 13.1. The van der Waals surface area contributed by atoms with Gasteiger partial charge in [-0.15, -0.1) is 0 Å². The molecule has 0 radical (unpaired) electrons. The molecule has 17 nitrogen and oxygen atoms in total. The second-order valence-electron chi connectivity index (χ2n) is 30.8. The summed E-state index contributed by atoms with van der Waals surface area (Å²) in [4.78, 5) is 73.1. The SMILES string of the molecule is CCCCCCCCCCCCCCC(=O)OC[C@H](COP(=O)(O)OC[C@H](O)COP(=O)(O)OC[C@@H](COC(=O)CCCCCCCCCCCCCCCC(C)C)OC(=O)CCCCCCCCCCCCCCCCCCCCC(C)CC)OC(=O)CCCCCCCCCCC(C)CC. The molecule has 19 heteroatoms. The Labute approximate surface area is 626 Å². The summed E-state index contributed by atoms with van der Waals surface area (Å²) < 4.78 is 68.8. The lowest BCUT2D eigenvalue weighted by atomic mass is 9.99. The molecule has 0 aliphatic carbocycles. The predicted molar refractivity (Wildman–Crippen MR) is 418 cm³/mol. The van der Waals surface area contributed by atoms with E-state index < -0.39 is 97.5 Å². The number of aliphatic hydroxyl groups is 1. The number of hydrogen-bond donors (Lipinski definition) is 3. The molecule has 0 aromatic rings. The molecular weight excluding hydrogens is 1330 g/mol. The molecular formula is C83H162O17P2. The van der Waals surface area contributed by atoms with E-state index in [9.17, 15) is 43.2 Å². The number of aliphatic hydroxyl groups excluding tert-OH is 1. The molecule has 0 rings (SSSR count). The first-order chi connectivity index (χ1) is 49.3. The Morgan fingerprint density at radius 3 is 0.745 bits per heavy atom. The number of unbranched alkanes of at least 4 members (excludes halogenated alkanes) is 47. The topological polar surface area (TPSA) is 237 Å². The van der Waals surface area contributed by atoms with Crippen molar-refractivity contribution >= 4 is 39.5 Å². The minimum Gasteiger partial charge on any atom is -0.462 e. The fraction of sp³-hybridized carbons (Fsp3) is 0.952. The summed E-state index contributed by atoms with van der Waals surface area (Å²) in [6.07, 6.45) is 62.3. The van der Waals surface area contributed by atoms with Gasteiger partial charge in [-0.2, -0.15) is 0 Å². The molecule has 0 saturated carbocycles. The first-order valence-electron chi connectivity index (χ1n) is 42.9. The molecule has 0 fully saturated rings. The third-order valence-corrected chi connectivity index (χ3v) is 22.0. The number of hydrogen-bond acceptors (Lipinski definition) is 15. The van der Waals surface area contributed by atoms with Crippen molar-refractivity contribution in [2.75, 3.05) is 39.6 Å². The monoisotopic (exact) mass is 1490 g/mol. The van der Waals surface area contributed by atoms with E-state index in [-0.39, 0.29) is 25.7 Å². The molecule has 4 unspecified atom stereocenters. The lowest BCUT2D eigenvalue weighted by Crippen LogP contribution is -2.30.